The second-order valence-corrected chi connectivity index (χ2v) is 2.82. The third-order valence-electron chi connectivity index (χ3n) is 1.97. The lowest BCUT2D eigenvalue weighted by Gasteiger charge is -2.27. The summed E-state index contributed by atoms with van der Waals surface area (Å²) in [6.45, 7) is 2.01. The zero-order chi connectivity index (χ0) is 7.56. The Kier molecular flexibility index (Phi) is 2.10. The van der Waals surface area contributed by atoms with Crippen molar-refractivity contribution in [2.24, 2.45) is 5.92 Å². The van der Waals surface area contributed by atoms with Crippen LogP contribution in [0.15, 0.2) is 11.6 Å². The monoisotopic (exact) mass is 140 g/mol. The fourth-order valence-electron chi connectivity index (χ4n) is 1.31. The second kappa shape index (κ2) is 2.86. The van der Waals surface area contributed by atoms with Crippen LogP contribution >= 0.6 is 0 Å². The van der Waals surface area contributed by atoms with E-state index in [0.29, 0.717) is 12.3 Å². The van der Waals surface area contributed by atoms with Crippen LogP contribution in [0.2, 0.25) is 0 Å². The standard InChI is InChI=1S/C8H12O2/c1-2-6-3-7(4-6)5-8(9)10/h2,7H,3-5H2,1H3,(H,9,10). The van der Waals surface area contributed by atoms with Gasteiger partial charge in [0.2, 0.25) is 0 Å². The lowest BCUT2D eigenvalue weighted by molar-refractivity contribution is -0.138. The molecule has 0 spiro atoms. The summed E-state index contributed by atoms with van der Waals surface area (Å²) in [5.74, 6) is -0.246. The third-order valence-corrected chi connectivity index (χ3v) is 1.97. The van der Waals surface area contributed by atoms with Gasteiger partial charge in [-0.3, -0.25) is 4.79 Å². The number of carboxylic acids is 1. The van der Waals surface area contributed by atoms with Crippen molar-refractivity contribution in [3.05, 3.63) is 11.6 Å². The average molecular weight is 140 g/mol. The molecule has 1 aliphatic rings. The van der Waals surface area contributed by atoms with Gasteiger partial charge in [0.25, 0.3) is 0 Å². The third kappa shape index (κ3) is 1.59. The summed E-state index contributed by atoms with van der Waals surface area (Å²) in [5, 5.41) is 8.39. The van der Waals surface area contributed by atoms with Crippen molar-refractivity contribution < 1.29 is 9.90 Å². The van der Waals surface area contributed by atoms with Crippen LogP contribution in [0.4, 0.5) is 0 Å². The van der Waals surface area contributed by atoms with E-state index < -0.39 is 5.97 Å². The van der Waals surface area contributed by atoms with Gasteiger partial charge in [0.1, 0.15) is 0 Å². The summed E-state index contributed by atoms with van der Waals surface area (Å²) in [5.41, 5.74) is 1.41. The Labute approximate surface area is 60.6 Å². The molecule has 10 heavy (non-hydrogen) atoms. The number of aliphatic carboxylic acids is 1. The highest BCUT2D eigenvalue weighted by Gasteiger charge is 2.24. The second-order valence-electron chi connectivity index (χ2n) is 2.82. The number of carbonyl (C=O) groups is 1. The van der Waals surface area contributed by atoms with Gasteiger partial charge in [-0.2, -0.15) is 0 Å². The van der Waals surface area contributed by atoms with Crippen LogP contribution in [0.25, 0.3) is 0 Å². The molecule has 1 rings (SSSR count). The molecule has 0 heterocycles. The fraction of sp³-hybridized carbons (Fsp3) is 0.625. The number of carboxylic acid groups (broad SMARTS) is 1. The van der Waals surface area contributed by atoms with E-state index in [2.05, 4.69) is 6.08 Å². The molecule has 0 aromatic carbocycles. The highest BCUT2D eigenvalue weighted by atomic mass is 16.4. The summed E-state index contributed by atoms with van der Waals surface area (Å²) in [4.78, 5) is 10.2. The Bertz CT molecular complexity index is 162. The van der Waals surface area contributed by atoms with Crippen LogP contribution in [0.3, 0.4) is 0 Å². The Morgan fingerprint density at radius 1 is 1.80 bits per heavy atom. The Morgan fingerprint density at radius 2 is 2.40 bits per heavy atom. The van der Waals surface area contributed by atoms with E-state index in [1.54, 1.807) is 0 Å². The van der Waals surface area contributed by atoms with E-state index in [9.17, 15) is 4.79 Å². The quantitative estimate of drug-likeness (QED) is 0.594. The normalized spacial score (nSPS) is 23.7. The van der Waals surface area contributed by atoms with Crippen LogP contribution in [0.1, 0.15) is 26.2 Å². The van der Waals surface area contributed by atoms with Crippen LogP contribution in [0, 0.1) is 5.92 Å². The van der Waals surface area contributed by atoms with Crippen molar-refractivity contribution in [3.8, 4) is 0 Å². The van der Waals surface area contributed by atoms with Gasteiger partial charge in [-0.25, -0.2) is 0 Å². The summed E-state index contributed by atoms with van der Waals surface area (Å²) in [6.07, 6.45) is 4.43. The molecule has 1 saturated carbocycles. The molecule has 1 aliphatic carbocycles. The summed E-state index contributed by atoms with van der Waals surface area (Å²) >= 11 is 0. The van der Waals surface area contributed by atoms with E-state index in [1.165, 1.54) is 5.57 Å². The molecule has 0 aliphatic heterocycles. The SMILES string of the molecule is CC=C1CC(CC(=O)O)C1. The van der Waals surface area contributed by atoms with E-state index in [1.807, 2.05) is 6.92 Å². The first-order valence-electron chi connectivity index (χ1n) is 3.58. The van der Waals surface area contributed by atoms with Gasteiger partial charge < -0.3 is 5.11 Å². The maximum atomic E-state index is 10.2. The Balaban J connectivity index is 2.21. The van der Waals surface area contributed by atoms with E-state index in [0.717, 1.165) is 12.8 Å². The van der Waals surface area contributed by atoms with Gasteiger partial charge >= 0.3 is 5.97 Å². The van der Waals surface area contributed by atoms with Gasteiger partial charge in [-0.15, -0.1) is 0 Å². The molecule has 0 atom stereocenters. The number of hydrogen-bond donors (Lipinski definition) is 1. The van der Waals surface area contributed by atoms with Crippen LogP contribution in [-0.2, 0) is 4.79 Å². The van der Waals surface area contributed by atoms with Gasteiger partial charge in [0.05, 0.1) is 0 Å². The first kappa shape index (κ1) is 7.32. The molecule has 0 radical (unpaired) electrons. The predicted molar refractivity (Wildman–Crippen MR) is 38.7 cm³/mol. The van der Waals surface area contributed by atoms with Crippen molar-refractivity contribution in [2.45, 2.75) is 26.2 Å². The first-order chi connectivity index (χ1) is 4.72. The molecule has 0 unspecified atom stereocenters. The van der Waals surface area contributed by atoms with Gasteiger partial charge in [0.15, 0.2) is 0 Å². The molecule has 2 nitrogen and oxygen atoms in total. The summed E-state index contributed by atoms with van der Waals surface area (Å²) < 4.78 is 0. The molecule has 0 saturated heterocycles. The number of allylic oxidation sites excluding steroid dienone is 2. The highest BCUT2D eigenvalue weighted by Crippen LogP contribution is 2.34. The zero-order valence-electron chi connectivity index (χ0n) is 6.13. The molecule has 0 amide bonds. The predicted octanol–water partition coefficient (Wildman–Crippen LogP) is 1.82. The maximum Gasteiger partial charge on any atom is 0.303 e. The number of hydrogen-bond acceptors (Lipinski definition) is 1. The lowest BCUT2D eigenvalue weighted by atomic mass is 9.78. The maximum absolute atomic E-state index is 10.2. The lowest BCUT2D eigenvalue weighted by Crippen LogP contribution is -2.18. The smallest absolute Gasteiger partial charge is 0.303 e. The molecular formula is C8H12O2. The van der Waals surface area contributed by atoms with Crippen molar-refractivity contribution in [1.82, 2.24) is 0 Å². The zero-order valence-corrected chi connectivity index (χ0v) is 6.13. The van der Waals surface area contributed by atoms with E-state index in [4.69, 9.17) is 5.11 Å². The van der Waals surface area contributed by atoms with Crippen molar-refractivity contribution in [1.29, 1.82) is 0 Å². The Hall–Kier alpha value is -0.790. The molecule has 1 N–H and O–H groups in total. The van der Waals surface area contributed by atoms with Crippen molar-refractivity contribution in [3.63, 3.8) is 0 Å². The largest absolute Gasteiger partial charge is 0.481 e. The molecule has 1 fully saturated rings. The van der Waals surface area contributed by atoms with Crippen molar-refractivity contribution in [2.75, 3.05) is 0 Å². The molecule has 2 heteroatoms. The Morgan fingerprint density at radius 3 is 2.80 bits per heavy atom. The molecular weight excluding hydrogens is 128 g/mol. The minimum absolute atomic E-state index is 0.345. The highest BCUT2D eigenvalue weighted by molar-refractivity contribution is 5.67. The van der Waals surface area contributed by atoms with Crippen LogP contribution in [0.5, 0.6) is 0 Å². The fourth-order valence-corrected chi connectivity index (χ4v) is 1.31. The molecule has 0 bridgehead atoms. The van der Waals surface area contributed by atoms with E-state index >= 15 is 0 Å². The van der Waals surface area contributed by atoms with E-state index in [-0.39, 0.29) is 0 Å². The van der Waals surface area contributed by atoms with Gasteiger partial charge in [0, 0.05) is 6.42 Å². The topological polar surface area (TPSA) is 37.3 Å². The molecule has 0 aromatic heterocycles. The minimum atomic E-state index is -0.667. The molecule has 56 valence electrons. The molecule has 0 aromatic rings. The number of rotatable bonds is 2. The van der Waals surface area contributed by atoms with Crippen LogP contribution < -0.4 is 0 Å². The average Bonchev–Trinajstić information content (AvgIpc) is 1.76. The van der Waals surface area contributed by atoms with Gasteiger partial charge in [-0.05, 0) is 25.7 Å². The van der Waals surface area contributed by atoms with Gasteiger partial charge in [-0.1, -0.05) is 11.6 Å². The van der Waals surface area contributed by atoms with Crippen molar-refractivity contribution >= 4 is 5.97 Å². The summed E-state index contributed by atoms with van der Waals surface area (Å²) in [6, 6.07) is 0. The van der Waals surface area contributed by atoms with Crippen LogP contribution in [-0.4, -0.2) is 11.1 Å². The summed E-state index contributed by atoms with van der Waals surface area (Å²) in [7, 11) is 0. The first-order valence-corrected chi connectivity index (χ1v) is 3.58. The minimum Gasteiger partial charge on any atom is -0.481 e.